The number of aliphatic hydroxyl groups is 2. The van der Waals surface area contributed by atoms with Gasteiger partial charge in [-0.1, -0.05) is 55.2 Å². The molecule has 0 aromatic rings. The van der Waals surface area contributed by atoms with Crippen molar-refractivity contribution in [2.45, 2.75) is 112 Å². The molecule has 0 aromatic heterocycles. The second-order valence-electron chi connectivity index (χ2n) is 10.2. The van der Waals surface area contributed by atoms with Crippen LogP contribution in [0.25, 0.3) is 0 Å². The van der Waals surface area contributed by atoms with Crippen LogP contribution in [0.1, 0.15) is 90.9 Å². The minimum atomic E-state index is -0.630. The molecule has 0 aliphatic heterocycles. The molecule has 0 aromatic carbocycles. The molecule has 4 fully saturated rings. The van der Waals surface area contributed by atoms with Crippen molar-refractivity contribution in [3.63, 3.8) is 0 Å². The topological polar surface area (TPSA) is 66.8 Å². The fraction of sp³-hybridized carbons (Fsp3) is 0.955. The molecule has 0 amide bonds. The number of rotatable bonds is 5. The fourth-order valence-electron chi connectivity index (χ4n) is 6.88. The fourth-order valence-corrected chi connectivity index (χ4v) is 7.01. The number of fused-ring (bicyclic) bond motifs is 2. The molecule has 0 radical (unpaired) electrons. The van der Waals surface area contributed by atoms with Gasteiger partial charge in [-0.2, -0.15) is 0 Å². The molecule has 4 nitrogen and oxygen atoms in total. The van der Waals surface area contributed by atoms with E-state index in [1.54, 1.807) is 0 Å². The predicted octanol–water partition coefficient (Wildman–Crippen LogP) is 4.53. The van der Waals surface area contributed by atoms with Crippen LogP contribution in [0.5, 0.6) is 0 Å². The van der Waals surface area contributed by atoms with E-state index in [1.165, 1.54) is 0 Å². The lowest BCUT2D eigenvalue weighted by Gasteiger charge is -2.47. The lowest BCUT2D eigenvalue weighted by molar-refractivity contribution is -0.164. The molecule has 5 heteroatoms. The number of carbonyl (C=O) groups is 1. The van der Waals surface area contributed by atoms with Gasteiger partial charge in [-0.3, -0.25) is 4.79 Å². The quantitative estimate of drug-likeness (QED) is 0.338. The Labute approximate surface area is 177 Å². The molecule has 0 spiro atoms. The maximum absolute atomic E-state index is 12.8. The van der Waals surface area contributed by atoms with Crippen LogP contribution in [-0.2, 0) is 9.53 Å². The van der Waals surface area contributed by atoms with E-state index in [4.69, 9.17) is 4.74 Å². The molecule has 4 saturated carbocycles. The summed E-state index contributed by atoms with van der Waals surface area (Å²) in [5.41, 5.74) is -1.42. The Kier molecular flexibility index (Phi) is 5.16. The van der Waals surface area contributed by atoms with Crippen molar-refractivity contribution in [2.24, 2.45) is 17.3 Å². The van der Waals surface area contributed by atoms with Crippen LogP contribution in [0.3, 0.4) is 0 Å². The number of halogens is 1. The molecule has 27 heavy (non-hydrogen) atoms. The summed E-state index contributed by atoms with van der Waals surface area (Å²) in [7, 11) is 0. The van der Waals surface area contributed by atoms with Crippen LogP contribution in [0.15, 0.2) is 0 Å². The summed E-state index contributed by atoms with van der Waals surface area (Å²) in [6, 6.07) is 0. The minimum absolute atomic E-state index is 0.131. The highest BCUT2D eigenvalue weighted by molar-refractivity contribution is 14.1. The van der Waals surface area contributed by atoms with E-state index in [9.17, 15) is 15.0 Å². The van der Waals surface area contributed by atoms with Crippen molar-refractivity contribution < 1.29 is 19.7 Å². The Balaban J connectivity index is 1.61. The van der Waals surface area contributed by atoms with Crippen molar-refractivity contribution >= 4 is 28.6 Å². The average Bonchev–Trinajstić information content (AvgIpc) is 3.39. The first-order chi connectivity index (χ1) is 12.6. The van der Waals surface area contributed by atoms with Crippen molar-refractivity contribution in [3.8, 4) is 0 Å². The largest absolute Gasteiger partial charge is 0.461 e. The van der Waals surface area contributed by atoms with Gasteiger partial charge >= 0.3 is 5.97 Å². The highest BCUT2D eigenvalue weighted by atomic mass is 127. The third-order valence-corrected chi connectivity index (χ3v) is 9.95. The lowest BCUT2D eigenvalue weighted by Crippen LogP contribution is -2.50. The molecule has 5 atom stereocenters. The molecule has 154 valence electrons. The van der Waals surface area contributed by atoms with Gasteiger partial charge in [0.1, 0.15) is 9.53 Å². The van der Waals surface area contributed by atoms with Crippen molar-refractivity contribution in [1.82, 2.24) is 0 Å². The van der Waals surface area contributed by atoms with Crippen molar-refractivity contribution in [2.75, 3.05) is 0 Å². The summed E-state index contributed by atoms with van der Waals surface area (Å²) in [5.74, 6) is 0.234. The zero-order valence-corrected chi connectivity index (χ0v) is 19.0. The van der Waals surface area contributed by atoms with Gasteiger partial charge < -0.3 is 14.9 Å². The van der Waals surface area contributed by atoms with Gasteiger partial charge in [-0.05, 0) is 64.2 Å². The first-order valence-corrected chi connectivity index (χ1v) is 12.1. The summed E-state index contributed by atoms with van der Waals surface area (Å²) in [6.45, 7) is 3.95. The molecule has 5 unspecified atom stereocenters. The number of hydrogen-bond acceptors (Lipinski definition) is 4. The predicted molar refractivity (Wildman–Crippen MR) is 113 cm³/mol. The first kappa shape index (κ1) is 20.4. The van der Waals surface area contributed by atoms with Crippen LogP contribution < -0.4 is 0 Å². The third kappa shape index (κ3) is 3.18. The number of ether oxygens (including phenoxy) is 1. The molecule has 4 aliphatic carbocycles. The van der Waals surface area contributed by atoms with Gasteiger partial charge in [0.2, 0.25) is 0 Å². The summed E-state index contributed by atoms with van der Waals surface area (Å²) in [6.07, 6.45) is 11.0. The molecular formula is C22H35IO4. The van der Waals surface area contributed by atoms with Crippen molar-refractivity contribution in [1.29, 1.82) is 0 Å². The Bertz CT molecular complexity index is 591. The van der Waals surface area contributed by atoms with Crippen molar-refractivity contribution in [3.05, 3.63) is 0 Å². The molecule has 4 rings (SSSR count). The summed E-state index contributed by atoms with van der Waals surface area (Å²) in [4.78, 5) is 12.8. The number of hydrogen-bond donors (Lipinski definition) is 2. The molecular weight excluding hydrogens is 455 g/mol. The van der Waals surface area contributed by atoms with Crippen LogP contribution >= 0.6 is 22.6 Å². The monoisotopic (exact) mass is 490 g/mol. The number of carbonyl (C=O) groups excluding carboxylic acids is 1. The maximum atomic E-state index is 12.8. The van der Waals surface area contributed by atoms with E-state index in [0.717, 1.165) is 77.0 Å². The van der Waals surface area contributed by atoms with E-state index >= 15 is 0 Å². The Morgan fingerprint density at radius 3 is 2.26 bits per heavy atom. The average molecular weight is 490 g/mol. The zero-order chi connectivity index (χ0) is 19.5. The second kappa shape index (κ2) is 6.83. The van der Waals surface area contributed by atoms with Gasteiger partial charge in [0.05, 0.1) is 11.2 Å². The van der Waals surface area contributed by atoms with Gasteiger partial charge in [0.25, 0.3) is 0 Å². The molecule has 4 aliphatic rings. The van der Waals surface area contributed by atoms with Gasteiger partial charge in [0, 0.05) is 11.3 Å². The highest BCUT2D eigenvalue weighted by Gasteiger charge is 2.68. The Morgan fingerprint density at radius 2 is 1.67 bits per heavy atom. The van der Waals surface area contributed by atoms with Gasteiger partial charge in [-0.25, -0.2) is 0 Å². The number of alkyl halides is 1. The molecule has 2 N–H and O–H groups in total. The van der Waals surface area contributed by atoms with Crippen LogP contribution in [0.4, 0.5) is 0 Å². The SMILES string of the molecule is CCC(C)(I)C(=O)OC1CC2(C3(O)CCCC3)CC1C(C1(O)CCCC1)C2. The first-order valence-electron chi connectivity index (χ1n) is 11.0. The molecule has 0 heterocycles. The van der Waals surface area contributed by atoms with E-state index in [-0.39, 0.29) is 29.3 Å². The normalized spacial score (nSPS) is 41.6. The van der Waals surface area contributed by atoms with Crippen LogP contribution in [0, 0.1) is 17.3 Å². The van der Waals surface area contributed by atoms with Gasteiger partial charge in [0.15, 0.2) is 0 Å². The van der Waals surface area contributed by atoms with E-state index in [0.29, 0.717) is 0 Å². The lowest BCUT2D eigenvalue weighted by atomic mass is 9.64. The summed E-state index contributed by atoms with van der Waals surface area (Å²) < 4.78 is 5.59. The van der Waals surface area contributed by atoms with E-state index in [2.05, 4.69) is 22.6 Å². The molecule has 2 bridgehead atoms. The van der Waals surface area contributed by atoms with E-state index < -0.39 is 14.6 Å². The third-order valence-electron chi connectivity index (χ3n) is 8.75. The molecule has 0 saturated heterocycles. The van der Waals surface area contributed by atoms with Crippen LogP contribution in [-0.4, -0.2) is 36.9 Å². The number of esters is 1. The van der Waals surface area contributed by atoms with Gasteiger partial charge in [-0.15, -0.1) is 0 Å². The minimum Gasteiger partial charge on any atom is -0.461 e. The Hall–Kier alpha value is 0.120. The smallest absolute Gasteiger partial charge is 0.322 e. The summed E-state index contributed by atoms with van der Waals surface area (Å²) in [5, 5.41) is 22.9. The standard InChI is InChI=1S/C22H35IO4/c1-3-19(2,23)18(24)27-17-14-20(22(26)10-6-7-11-22)12-15(17)16(13-20)21(25)8-4-5-9-21/h15-17,25-26H,3-14H2,1-2H3. The highest BCUT2D eigenvalue weighted by Crippen LogP contribution is 2.68. The Morgan fingerprint density at radius 1 is 1.07 bits per heavy atom. The maximum Gasteiger partial charge on any atom is 0.322 e. The van der Waals surface area contributed by atoms with Crippen LogP contribution in [0.2, 0.25) is 0 Å². The van der Waals surface area contributed by atoms with E-state index in [1.807, 2.05) is 13.8 Å². The zero-order valence-electron chi connectivity index (χ0n) is 16.8. The second-order valence-corrected chi connectivity index (χ2v) is 12.6. The summed E-state index contributed by atoms with van der Waals surface area (Å²) >= 11 is 2.20.